The fourth-order valence-electron chi connectivity index (χ4n) is 1.80. The molecule has 1 saturated carbocycles. The molecule has 1 aliphatic carbocycles. The zero-order valence-electron chi connectivity index (χ0n) is 9.02. The second-order valence-electron chi connectivity index (χ2n) is 4.18. The molecule has 1 aromatic heterocycles. The van der Waals surface area contributed by atoms with E-state index in [1.54, 1.807) is 0 Å². The van der Waals surface area contributed by atoms with Gasteiger partial charge in [-0.25, -0.2) is 9.97 Å². The molecule has 0 atom stereocenters. The average Bonchev–Trinajstić information content (AvgIpc) is 3.12. The van der Waals surface area contributed by atoms with E-state index in [-0.39, 0.29) is 0 Å². The van der Waals surface area contributed by atoms with Crippen molar-refractivity contribution < 1.29 is 0 Å². The molecule has 3 nitrogen and oxygen atoms in total. The molecule has 2 aromatic rings. The summed E-state index contributed by atoms with van der Waals surface area (Å²) in [6, 6.07) is 6.67. The molecule has 0 bridgehead atoms. The van der Waals surface area contributed by atoms with Gasteiger partial charge in [0, 0.05) is 29.1 Å². The third-order valence-corrected chi connectivity index (χ3v) is 3.66. The first kappa shape index (κ1) is 10.0. The highest BCUT2D eigenvalue weighted by molar-refractivity contribution is 9.10. The summed E-state index contributed by atoms with van der Waals surface area (Å²) in [5, 5.41) is 1.07. The summed E-state index contributed by atoms with van der Waals surface area (Å²) < 4.78 is 1.05. The first-order chi connectivity index (χ1) is 7.75. The molecule has 0 unspecified atom stereocenters. The van der Waals surface area contributed by atoms with E-state index in [9.17, 15) is 0 Å². The Kier molecular flexibility index (Phi) is 2.32. The highest BCUT2D eigenvalue weighted by Crippen LogP contribution is 2.29. The molecule has 0 aliphatic heterocycles. The van der Waals surface area contributed by atoms with Gasteiger partial charge in [-0.3, -0.25) is 0 Å². The second kappa shape index (κ2) is 3.70. The SMILES string of the molecule is CN(c1ncc2c(Br)cccc2n1)C1CC1. The van der Waals surface area contributed by atoms with Crippen LogP contribution in [-0.4, -0.2) is 23.1 Å². The fraction of sp³-hybridized carbons (Fsp3) is 0.333. The number of hydrogen-bond acceptors (Lipinski definition) is 3. The molecule has 0 saturated heterocycles. The molecule has 0 amide bonds. The molecular formula is C12H12BrN3. The lowest BCUT2D eigenvalue weighted by atomic mass is 10.2. The smallest absolute Gasteiger partial charge is 0.225 e. The van der Waals surface area contributed by atoms with E-state index in [2.05, 4.69) is 37.8 Å². The van der Waals surface area contributed by atoms with E-state index in [0.717, 1.165) is 21.3 Å². The van der Waals surface area contributed by atoms with Gasteiger partial charge in [-0.1, -0.05) is 22.0 Å². The predicted octanol–water partition coefficient (Wildman–Crippen LogP) is 2.99. The molecule has 1 aliphatic rings. The topological polar surface area (TPSA) is 29.0 Å². The Hall–Kier alpha value is -1.16. The van der Waals surface area contributed by atoms with Crippen molar-refractivity contribution in [1.82, 2.24) is 9.97 Å². The van der Waals surface area contributed by atoms with Crippen molar-refractivity contribution in [3.8, 4) is 0 Å². The summed E-state index contributed by atoms with van der Waals surface area (Å²) in [6.45, 7) is 0. The van der Waals surface area contributed by atoms with Gasteiger partial charge in [0.15, 0.2) is 0 Å². The Morgan fingerprint density at radius 1 is 1.38 bits per heavy atom. The van der Waals surface area contributed by atoms with Crippen LogP contribution in [0.15, 0.2) is 28.9 Å². The molecule has 1 fully saturated rings. The van der Waals surface area contributed by atoms with Crippen molar-refractivity contribution in [1.29, 1.82) is 0 Å². The Balaban J connectivity index is 2.08. The number of hydrogen-bond donors (Lipinski definition) is 0. The number of nitrogens with zero attached hydrogens (tertiary/aromatic N) is 3. The minimum Gasteiger partial charge on any atom is -0.341 e. The van der Waals surface area contributed by atoms with Crippen molar-refractivity contribution in [2.75, 3.05) is 11.9 Å². The molecule has 0 N–H and O–H groups in total. The maximum Gasteiger partial charge on any atom is 0.225 e. The maximum absolute atomic E-state index is 4.58. The van der Waals surface area contributed by atoms with E-state index >= 15 is 0 Å². The van der Waals surface area contributed by atoms with E-state index in [1.165, 1.54) is 12.8 Å². The van der Waals surface area contributed by atoms with Crippen LogP contribution in [0.4, 0.5) is 5.95 Å². The Labute approximate surface area is 103 Å². The van der Waals surface area contributed by atoms with Gasteiger partial charge in [0.25, 0.3) is 0 Å². The van der Waals surface area contributed by atoms with Gasteiger partial charge in [0.1, 0.15) is 0 Å². The van der Waals surface area contributed by atoms with Crippen LogP contribution in [0.2, 0.25) is 0 Å². The van der Waals surface area contributed by atoms with Crippen LogP contribution in [0.1, 0.15) is 12.8 Å². The van der Waals surface area contributed by atoms with E-state index in [0.29, 0.717) is 6.04 Å². The van der Waals surface area contributed by atoms with Gasteiger partial charge in [-0.05, 0) is 25.0 Å². The minimum absolute atomic E-state index is 0.643. The van der Waals surface area contributed by atoms with E-state index in [4.69, 9.17) is 0 Å². The Bertz CT molecular complexity index is 537. The zero-order chi connectivity index (χ0) is 11.1. The number of fused-ring (bicyclic) bond motifs is 1. The fourth-order valence-corrected chi connectivity index (χ4v) is 2.26. The summed E-state index contributed by atoms with van der Waals surface area (Å²) in [7, 11) is 2.07. The summed E-state index contributed by atoms with van der Waals surface area (Å²) in [4.78, 5) is 11.2. The third kappa shape index (κ3) is 1.67. The highest BCUT2D eigenvalue weighted by Gasteiger charge is 2.27. The van der Waals surface area contributed by atoms with Crippen LogP contribution in [0.3, 0.4) is 0 Å². The summed E-state index contributed by atoms with van der Waals surface area (Å²) in [5.41, 5.74) is 0.992. The van der Waals surface area contributed by atoms with Gasteiger partial charge in [-0.15, -0.1) is 0 Å². The first-order valence-electron chi connectivity index (χ1n) is 5.40. The van der Waals surface area contributed by atoms with Crippen LogP contribution >= 0.6 is 15.9 Å². The van der Waals surface area contributed by atoms with Crippen molar-refractivity contribution in [3.05, 3.63) is 28.9 Å². The van der Waals surface area contributed by atoms with Gasteiger partial charge < -0.3 is 4.90 Å². The summed E-state index contributed by atoms with van der Waals surface area (Å²) in [6.07, 6.45) is 4.41. The third-order valence-electron chi connectivity index (χ3n) is 2.97. The van der Waals surface area contributed by atoms with Crippen molar-refractivity contribution >= 4 is 32.8 Å². The van der Waals surface area contributed by atoms with Crippen molar-refractivity contribution in [2.45, 2.75) is 18.9 Å². The van der Waals surface area contributed by atoms with Gasteiger partial charge in [-0.2, -0.15) is 0 Å². The lowest BCUT2D eigenvalue weighted by Gasteiger charge is -2.16. The van der Waals surface area contributed by atoms with Crippen molar-refractivity contribution in [2.24, 2.45) is 0 Å². The highest BCUT2D eigenvalue weighted by atomic mass is 79.9. The maximum atomic E-state index is 4.58. The molecular weight excluding hydrogens is 266 g/mol. The number of aromatic nitrogens is 2. The lowest BCUT2D eigenvalue weighted by Crippen LogP contribution is -2.21. The lowest BCUT2D eigenvalue weighted by molar-refractivity contribution is 0.868. The van der Waals surface area contributed by atoms with Gasteiger partial charge in [0.05, 0.1) is 5.52 Å². The number of anilines is 1. The van der Waals surface area contributed by atoms with Crippen LogP contribution in [0, 0.1) is 0 Å². The Morgan fingerprint density at radius 3 is 2.94 bits per heavy atom. The zero-order valence-corrected chi connectivity index (χ0v) is 10.6. The molecule has 3 rings (SSSR count). The van der Waals surface area contributed by atoms with Gasteiger partial charge >= 0.3 is 0 Å². The normalized spacial score (nSPS) is 15.4. The molecule has 0 spiro atoms. The first-order valence-corrected chi connectivity index (χ1v) is 6.19. The van der Waals surface area contributed by atoms with Crippen LogP contribution in [-0.2, 0) is 0 Å². The molecule has 4 heteroatoms. The average molecular weight is 278 g/mol. The monoisotopic (exact) mass is 277 g/mol. The largest absolute Gasteiger partial charge is 0.341 e. The molecule has 1 aromatic carbocycles. The molecule has 0 radical (unpaired) electrons. The van der Waals surface area contributed by atoms with E-state index < -0.39 is 0 Å². The summed E-state index contributed by atoms with van der Waals surface area (Å²) in [5.74, 6) is 0.827. The van der Waals surface area contributed by atoms with Crippen LogP contribution in [0.25, 0.3) is 10.9 Å². The van der Waals surface area contributed by atoms with E-state index in [1.807, 2.05) is 24.4 Å². The molecule has 16 heavy (non-hydrogen) atoms. The minimum atomic E-state index is 0.643. The summed E-state index contributed by atoms with van der Waals surface area (Å²) >= 11 is 3.51. The predicted molar refractivity (Wildman–Crippen MR) is 68.7 cm³/mol. The second-order valence-corrected chi connectivity index (χ2v) is 5.04. The number of halogens is 1. The number of benzene rings is 1. The quantitative estimate of drug-likeness (QED) is 0.845. The van der Waals surface area contributed by atoms with Gasteiger partial charge in [0.2, 0.25) is 5.95 Å². The van der Waals surface area contributed by atoms with Crippen LogP contribution in [0.5, 0.6) is 0 Å². The number of rotatable bonds is 2. The Morgan fingerprint density at radius 2 is 2.19 bits per heavy atom. The molecule has 82 valence electrons. The molecule has 1 heterocycles. The standard InChI is InChI=1S/C12H12BrN3/c1-16(8-5-6-8)12-14-7-9-10(13)3-2-4-11(9)15-12/h2-4,7-8H,5-6H2,1H3. The van der Waals surface area contributed by atoms with Crippen LogP contribution < -0.4 is 4.90 Å². The van der Waals surface area contributed by atoms with Crippen molar-refractivity contribution in [3.63, 3.8) is 0 Å².